The highest BCUT2D eigenvalue weighted by Crippen LogP contribution is 2.47. The Morgan fingerprint density at radius 1 is 0.429 bits per heavy atom. The van der Waals surface area contributed by atoms with Gasteiger partial charge < -0.3 is 10.3 Å². The summed E-state index contributed by atoms with van der Waals surface area (Å²) in [5.41, 5.74) is 16.4. The molecule has 4 nitrogen and oxygen atoms in total. The van der Waals surface area contributed by atoms with Gasteiger partial charge in [-0.1, -0.05) is 182 Å². The van der Waals surface area contributed by atoms with Gasteiger partial charge in [0.1, 0.15) is 0 Å². The maximum Gasteiger partial charge on any atom is 0.0852 e. The van der Waals surface area contributed by atoms with E-state index in [1.807, 2.05) is 0 Å². The van der Waals surface area contributed by atoms with E-state index in [1.165, 1.54) is 92.4 Å². The first kappa shape index (κ1) is 37.2. The third-order valence-corrected chi connectivity index (χ3v) is 13.0. The van der Waals surface area contributed by atoms with Gasteiger partial charge in [-0.15, -0.1) is 0 Å². The molecule has 4 heteroatoms. The predicted molar refractivity (Wildman–Crippen MR) is 266 cm³/mol. The largest absolute Gasteiger partial charge is 0.312 e. The predicted octanol–water partition coefficient (Wildman–Crippen LogP) is 14.3. The molecule has 2 atom stereocenters. The summed E-state index contributed by atoms with van der Waals surface area (Å²) >= 11 is 0. The second kappa shape index (κ2) is 15.4. The minimum atomic E-state index is -0.380. The van der Waals surface area contributed by atoms with Crippen LogP contribution in [0.5, 0.6) is 0 Å². The maximum atomic E-state index is 6.94. The number of nitrogens with zero attached hydrogens (tertiary/aromatic N) is 1. The van der Waals surface area contributed by atoms with Crippen LogP contribution in [-0.2, 0) is 6.54 Å². The molecule has 4 N–H and O–H groups in total. The lowest BCUT2D eigenvalue weighted by molar-refractivity contribution is 0.386. The van der Waals surface area contributed by atoms with Crippen LogP contribution in [0.4, 0.5) is 0 Å². The van der Waals surface area contributed by atoms with Crippen LogP contribution >= 0.6 is 0 Å². The molecular formula is C59H44N4. The van der Waals surface area contributed by atoms with Crippen molar-refractivity contribution in [2.45, 2.75) is 18.9 Å². The zero-order chi connectivity index (χ0) is 41.9. The van der Waals surface area contributed by atoms with Gasteiger partial charge >= 0.3 is 0 Å². The van der Waals surface area contributed by atoms with Gasteiger partial charge in [0.15, 0.2) is 0 Å². The van der Waals surface area contributed by atoms with Crippen molar-refractivity contribution in [3.05, 3.63) is 235 Å². The summed E-state index contributed by atoms with van der Waals surface area (Å²) in [6.45, 7) is 0.655. The standard InChI is InChI=1S/C59H44N4/c60-58(44-32-30-39-14-4-6-16-42(39)34-44)62-59(45-33-31-40-15-5-7-17-43(40)35-45)61-37-38-26-28-41(29-27-38)52-36-53-48-21-9-11-23-50(48)57-56(55(53)49-22-10-8-20-47(49)52)51-24-12-13-25-54(51)63(57)46-18-2-1-3-19-46/h1-36,58-59,61-62H,37,60H2. The number of para-hydroxylation sites is 2. The van der Waals surface area contributed by atoms with Crippen molar-refractivity contribution >= 4 is 75.7 Å². The average molecular weight is 809 g/mol. The Morgan fingerprint density at radius 3 is 1.73 bits per heavy atom. The van der Waals surface area contributed by atoms with E-state index in [0.29, 0.717) is 6.54 Å². The van der Waals surface area contributed by atoms with Crippen molar-refractivity contribution in [3.8, 4) is 16.8 Å². The summed E-state index contributed by atoms with van der Waals surface area (Å²) in [5.74, 6) is 0. The Hall–Kier alpha value is -7.60. The SMILES string of the molecule is NC(NC(NCc1ccc(-c2cc3c4ccccc4c4c(c5ccccc5n4-c4ccccc4)c3c3ccccc23)cc1)c1ccc2ccccc2c1)c1ccc2ccccc2c1. The fourth-order valence-electron chi connectivity index (χ4n) is 9.97. The van der Waals surface area contributed by atoms with Crippen molar-refractivity contribution in [1.29, 1.82) is 0 Å². The molecule has 0 spiro atoms. The van der Waals surface area contributed by atoms with Crippen LogP contribution in [0.2, 0.25) is 0 Å². The van der Waals surface area contributed by atoms with Crippen molar-refractivity contribution in [2.24, 2.45) is 5.73 Å². The van der Waals surface area contributed by atoms with E-state index in [0.717, 1.165) is 16.8 Å². The Bertz CT molecular complexity index is 3680. The van der Waals surface area contributed by atoms with Gasteiger partial charge in [-0.2, -0.15) is 0 Å². The van der Waals surface area contributed by atoms with Crippen molar-refractivity contribution in [1.82, 2.24) is 15.2 Å². The first-order valence-corrected chi connectivity index (χ1v) is 21.8. The zero-order valence-corrected chi connectivity index (χ0v) is 34.7. The van der Waals surface area contributed by atoms with Gasteiger partial charge in [0, 0.05) is 33.8 Å². The molecule has 1 heterocycles. The van der Waals surface area contributed by atoms with Gasteiger partial charge in [-0.3, -0.25) is 10.6 Å². The number of nitrogens with two attached hydrogens (primary N) is 1. The van der Waals surface area contributed by atoms with E-state index in [9.17, 15) is 0 Å². The first-order chi connectivity index (χ1) is 31.2. The molecule has 2 unspecified atom stereocenters. The molecule has 300 valence electrons. The van der Waals surface area contributed by atoms with Gasteiger partial charge in [0.25, 0.3) is 0 Å². The van der Waals surface area contributed by atoms with E-state index in [-0.39, 0.29) is 12.3 Å². The molecule has 11 aromatic carbocycles. The third-order valence-electron chi connectivity index (χ3n) is 13.0. The van der Waals surface area contributed by atoms with Crippen molar-refractivity contribution < 1.29 is 0 Å². The smallest absolute Gasteiger partial charge is 0.0852 e. The van der Waals surface area contributed by atoms with E-state index in [1.54, 1.807) is 0 Å². The molecule has 0 fully saturated rings. The molecule has 1 aromatic heterocycles. The molecular weight excluding hydrogens is 765 g/mol. The molecule has 12 rings (SSSR count). The van der Waals surface area contributed by atoms with Crippen LogP contribution in [0.3, 0.4) is 0 Å². The summed E-state index contributed by atoms with van der Waals surface area (Å²) in [5, 5.41) is 22.5. The quantitative estimate of drug-likeness (QED) is 0.101. The molecule has 0 radical (unpaired) electrons. The van der Waals surface area contributed by atoms with Crippen LogP contribution < -0.4 is 16.4 Å². The molecule has 0 saturated heterocycles. The number of nitrogens with one attached hydrogen (secondary N) is 2. The Labute approximate surface area is 365 Å². The molecule has 12 aromatic rings. The Morgan fingerprint density at radius 2 is 1.00 bits per heavy atom. The van der Waals surface area contributed by atoms with Crippen molar-refractivity contribution in [3.63, 3.8) is 0 Å². The normalized spacial score (nSPS) is 12.9. The maximum absolute atomic E-state index is 6.94. The number of hydrogen-bond acceptors (Lipinski definition) is 3. The molecule has 63 heavy (non-hydrogen) atoms. The van der Waals surface area contributed by atoms with Crippen LogP contribution in [0.1, 0.15) is 29.0 Å². The highest BCUT2D eigenvalue weighted by Gasteiger charge is 2.22. The molecule has 0 aliphatic rings. The lowest BCUT2D eigenvalue weighted by Crippen LogP contribution is -2.39. The second-order valence-electron chi connectivity index (χ2n) is 16.7. The molecule has 0 aliphatic heterocycles. The molecule has 0 bridgehead atoms. The van der Waals surface area contributed by atoms with E-state index in [4.69, 9.17) is 5.73 Å². The minimum absolute atomic E-state index is 0.196. The van der Waals surface area contributed by atoms with Crippen molar-refractivity contribution in [2.75, 3.05) is 0 Å². The van der Waals surface area contributed by atoms with Gasteiger partial charge in [-0.25, -0.2) is 0 Å². The summed E-state index contributed by atoms with van der Waals surface area (Å²) in [6, 6.07) is 79.1. The van der Waals surface area contributed by atoms with Crippen LogP contribution in [-0.4, -0.2) is 4.57 Å². The van der Waals surface area contributed by atoms with Gasteiger partial charge in [-0.05, 0) is 107 Å². The Balaban J connectivity index is 0.933. The topological polar surface area (TPSA) is 55.0 Å². The highest BCUT2D eigenvalue weighted by molar-refractivity contribution is 6.38. The third kappa shape index (κ3) is 6.43. The number of rotatable bonds is 9. The van der Waals surface area contributed by atoms with Crippen LogP contribution in [0.25, 0.3) is 92.5 Å². The highest BCUT2D eigenvalue weighted by atomic mass is 15.2. The summed E-state index contributed by atoms with van der Waals surface area (Å²) in [7, 11) is 0. The zero-order valence-electron chi connectivity index (χ0n) is 34.7. The number of fused-ring (bicyclic) bond motifs is 12. The average Bonchev–Trinajstić information content (AvgIpc) is 3.70. The summed E-state index contributed by atoms with van der Waals surface area (Å²) in [4.78, 5) is 0. The summed E-state index contributed by atoms with van der Waals surface area (Å²) < 4.78 is 2.46. The van der Waals surface area contributed by atoms with Gasteiger partial charge in [0.2, 0.25) is 0 Å². The fourth-order valence-corrected chi connectivity index (χ4v) is 9.97. The lowest BCUT2D eigenvalue weighted by Gasteiger charge is -2.26. The summed E-state index contributed by atoms with van der Waals surface area (Å²) in [6.07, 6.45) is -0.576. The molecule has 0 aliphatic carbocycles. The number of aromatic nitrogens is 1. The number of benzene rings is 11. The fraction of sp³-hybridized carbons (Fsp3) is 0.0508. The minimum Gasteiger partial charge on any atom is -0.312 e. The molecule has 0 saturated carbocycles. The Kier molecular flexibility index (Phi) is 9.08. The molecule has 0 amide bonds. The van der Waals surface area contributed by atoms with E-state index >= 15 is 0 Å². The van der Waals surface area contributed by atoms with Gasteiger partial charge in [0.05, 0.1) is 23.4 Å². The second-order valence-corrected chi connectivity index (χ2v) is 16.7. The van der Waals surface area contributed by atoms with E-state index < -0.39 is 0 Å². The lowest BCUT2D eigenvalue weighted by atomic mass is 9.88. The first-order valence-electron chi connectivity index (χ1n) is 21.8. The van der Waals surface area contributed by atoms with E-state index in [2.05, 4.69) is 234 Å². The van der Waals surface area contributed by atoms with Crippen LogP contribution in [0.15, 0.2) is 218 Å². The number of hydrogen-bond donors (Lipinski definition) is 3. The van der Waals surface area contributed by atoms with Crippen LogP contribution in [0, 0.1) is 0 Å². The monoisotopic (exact) mass is 808 g/mol.